The predicted octanol–water partition coefficient (Wildman–Crippen LogP) is -1.18. The molecule has 106 valence electrons. The highest BCUT2D eigenvalue weighted by Gasteiger charge is 2.37. The minimum atomic E-state index is -3.14. The van der Waals surface area contributed by atoms with E-state index < -0.39 is 27.4 Å². The fraction of sp³-hybridized carbons (Fsp3) is 0.900. The average Bonchev–Trinajstić information content (AvgIpc) is 2.36. The number of hydrogen-bond acceptors (Lipinski definition) is 5. The lowest BCUT2D eigenvalue weighted by atomic mass is 10.2. The van der Waals surface area contributed by atoms with Crippen LogP contribution in [0.5, 0.6) is 0 Å². The smallest absolute Gasteiger partial charge is 0.234 e. The Kier molecular flexibility index (Phi) is 5.39. The van der Waals surface area contributed by atoms with Crippen molar-refractivity contribution in [3.8, 4) is 0 Å². The third-order valence-corrected chi connectivity index (χ3v) is 4.99. The second-order valence-electron chi connectivity index (χ2n) is 4.81. The number of nitrogens with zero attached hydrogens (tertiary/aromatic N) is 1. The van der Waals surface area contributed by atoms with Crippen molar-refractivity contribution < 1.29 is 18.3 Å². The molecule has 0 aromatic heterocycles. The normalized spacial score (nSPS) is 28.3. The molecule has 0 aromatic carbocycles. The molecule has 0 spiro atoms. The summed E-state index contributed by atoms with van der Waals surface area (Å²) in [5.41, 5.74) is 0. The molecule has 1 saturated heterocycles. The summed E-state index contributed by atoms with van der Waals surface area (Å²) < 4.78 is 22.6. The van der Waals surface area contributed by atoms with E-state index in [2.05, 4.69) is 5.32 Å². The molecule has 8 heteroatoms. The number of likely N-dealkylation sites (N-methyl/N-ethyl adjacent to an activating group) is 1. The number of aliphatic hydroxyl groups excluding tert-OH is 1. The summed E-state index contributed by atoms with van der Waals surface area (Å²) >= 11 is 5.88. The maximum absolute atomic E-state index is 11.7. The largest absolute Gasteiger partial charge is 0.392 e. The third kappa shape index (κ3) is 5.09. The molecule has 1 rings (SSSR count). The lowest BCUT2D eigenvalue weighted by Gasteiger charge is -2.20. The van der Waals surface area contributed by atoms with Gasteiger partial charge in [0.1, 0.15) is 0 Å². The molecule has 1 amide bonds. The molecule has 0 radical (unpaired) electrons. The first-order valence-corrected chi connectivity index (χ1v) is 7.96. The highest BCUT2D eigenvalue weighted by molar-refractivity contribution is 7.91. The van der Waals surface area contributed by atoms with Gasteiger partial charge in [-0.3, -0.25) is 9.69 Å². The molecule has 1 fully saturated rings. The molecule has 0 saturated carbocycles. The van der Waals surface area contributed by atoms with E-state index in [-0.39, 0.29) is 24.0 Å². The summed E-state index contributed by atoms with van der Waals surface area (Å²) in [6.07, 6.45) is -0.518. The maximum Gasteiger partial charge on any atom is 0.234 e. The lowest BCUT2D eigenvalue weighted by molar-refractivity contribution is -0.122. The van der Waals surface area contributed by atoms with Gasteiger partial charge in [-0.2, -0.15) is 0 Å². The molecule has 1 aliphatic heterocycles. The minimum absolute atomic E-state index is 0.0942. The molecule has 1 heterocycles. The van der Waals surface area contributed by atoms with Crippen LogP contribution < -0.4 is 5.32 Å². The Hall–Kier alpha value is -0.370. The van der Waals surface area contributed by atoms with Gasteiger partial charge in [0, 0.05) is 6.54 Å². The number of carbonyl (C=O) groups excluding carboxylic acids is 1. The van der Waals surface area contributed by atoms with E-state index in [1.807, 2.05) is 0 Å². The van der Waals surface area contributed by atoms with Crippen LogP contribution in [0, 0.1) is 0 Å². The number of hydrogen-bond donors (Lipinski definition) is 2. The molecule has 18 heavy (non-hydrogen) atoms. The van der Waals surface area contributed by atoms with Crippen LogP contribution in [-0.4, -0.2) is 73.5 Å². The van der Waals surface area contributed by atoms with E-state index in [9.17, 15) is 13.2 Å². The predicted molar refractivity (Wildman–Crippen MR) is 69.4 cm³/mol. The van der Waals surface area contributed by atoms with Crippen LogP contribution in [0.25, 0.3) is 0 Å². The van der Waals surface area contributed by atoms with Crippen LogP contribution in [0.1, 0.15) is 6.92 Å². The highest BCUT2D eigenvalue weighted by Crippen LogP contribution is 2.17. The van der Waals surface area contributed by atoms with Crippen molar-refractivity contribution in [2.45, 2.75) is 24.4 Å². The van der Waals surface area contributed by atoms with Crippen molar-refractivity contribution in [1.29, 1.82) is 0 Å². The number of sulfone groups is 1. The molecule has 1 aliphatic rings. The monoisotopic (exact) mass is 298 g/mol. The summed E-state index contributed by atoms with van der Waals surface area (Å²) in [6.45, 7) is 2.11. The first kappa shape index (κ1) is 15.7. The Morgan fingerprint density at radius 3 is 2.61 bits per heavy atom. The Labute approximate surface area is 112 Å². The van der Waals surface area contributed by atoms with Crippen LogP contribution in [0.15, 0.2) is 0 Å². The highest BCUT2D eigenvalue weighted by atomic mass is 35.5. The molecule has 3 unspecified atom stereocenters. The Balaban J connectivity index is 2.41. The molecule has 0 aliphatic carbocycles. The number of carbonyl (C=O) groups is 1. The van der Waals surface area contributed by atoms with Crippen molar-refractivity contribution in [1.82, 2.24) is 10.2 Å². The molecule has 6 nitrogen and oxygen atoms in total. The summed E-state index contributed by atoms with van der Waals surface area (Å²) in [5, 5.41) is 11.2. The second-order valence-corrected chi connectivity index (χ2v) is 7.53. The van der Waals surface area contributed by atoms with Gasteiger partial charge >= 0.3 is 0 Å². The van der Waals surface area contributed by atoms with Crippen LogP contribution in [0.3, 0.4) is 0 Å². The van der Waals surface area contributed by atoms with Gasteiger partial charge in [-0.15, -0.1) is 11.6 Å². The number of rotatable bonds is 5. The van der Waals surface area contributed by atoms with Gasteiger partial charge in [-0.05, 0) is 14.0 Å². The summed E-state index contributed by atoms with van der Waals surface area (Å²) in [5.74, 6) is -0.485. The van der Waals surface area contributed by atoms with Crippen LogP contribution in [-0.2, 0) is 14.6 Å². The Morgan fingerprint density at radius 2 is 2.17 bits per heavy atom. The molecule has 2 N–H and O–H groups in total. The SMILES string of the molecule is CC(O)CN(C)CC(=O)NC1CS(=O)(=O)CC1Cl. The Morgan fingerprint density at radius 1 is 1.56 bits per heavy atom. The molecular formula is C10H19ClN2O4S. The second kappa shape index (κ2) is 6.18. The number of nitrogens with one attached hydrogen (secondary N) is 1. The number of amides is 1. The molecule has 0 aromatic rings. The first-order valence-electron chi connectivity index (χ1n) is 5.70. The van der Waals surface area contributed by atoms with Gasteiger partial charge in [-0.25, -0.2) is 8.42 Å². The summed E-state index contributed by atoms with van der Waals surface area (Å²) in [6, 6.07) is -0.524. The van der Waals surface area contributed by atoms with E-state index in [0.717, 1.165) is 0 Å². The van der Waals surface area contributed by atoms with Crippen molar-refractivity contribution in [2.24, 2.45) is 0 Å². The van der Waals surface area contributed by atoms with Gasteiger partial charge < -0.3 is 10.4 Å². The van der Waals surface area contributed by atoms with Crippen LogP contribution >= 0.6 is 11.6 Å². The zero-order valence-electron chi connectivity index (χ0n) is 10.5. The van der Waals surface area contributed by atoms with E-state index in [4.69, 9.17) is 16.7 Å². The van der Waals surface area contributed by atoms with Crippen LogP contribution in [0.2, 0.25) is 0 Å². The zero-order chi connectivity index (χ0) is 13.9. The zero-order valence-corrected chi connectivity index (χ0v) is 12.0. The van der Waals surface area contributed by atoms with Crippen molar-refractivity contribution >= 4 is 27.3 Å². The quantitative estimate of drug-likeness (QED) is 0.624. The minimum Gasteiger partial charge on any atom is -0.392 e. The lowest BCUT2D eigenvalue weighted by Crippen LogP contribution is -2.45. The molecule has 0 bridgehead atoms. The van der Waals surface area contributed by atoms with Gasteiger partial charge in [0.05, 0.1) is 35.6 Å². The van der Waals surface area contributed by atoms with E-state index in [1.165, 1.54) is 0 Å². The van der Waals surface area contributed by atoms with Crippen molar-refractivity contribution in [3.63, 3.8) is 0 Å². The van der Waals surface area contributed by atoms with Crippen molar-refractivity contribution in [2.75, 3.05) is 31.6 Å². The van der Waals surface area contributed by atoms with E-state index in [0.29, 0.717) is 6.54 Å². The standard InChI is InChI=1S/C10H19ClN2O4S/c1-7(14)3-13(2)4-10(15)12-9-6-18(16,17)5-8(9)11/h7-9,14H,3-6H2,1-2H3,(H,12,15). The van der Waals surface area contributed by atoms with Crippen LogP contribution in [0.4, 0.5) is 0 Å². The fourth-order valence-corrected chi connectivity index (χ4v) is 4.50. The maximum atomic E-state index is 11.7. The van der Waals surface area contributed by atoms with E-state index >= 15 is 0 Å². The third-order valence-electron chi connectivity index (χ3n) is 2.62. The van der Waals surface area contributed by atoms with Gasteiger partial charge in [0.2, 0.25) is 5.91 Å². The number of halogens is 1. The molecule has 3 atom stereocenters. The topological polar surface area (TPSA) is 86.7 Å². The number of aliphatic hydroxyl groups is 1. The average molecular weight is 299 g/mol. The van der Waals surface area contributed by atoms with E-state index in [1.54, 1.807) is 18.9 Å². The first-order chi connectivity index (χ1) is 8.19. The fourth-order valence-electron chi connectivity index (χ4n) is 1.95. The summed E-state index contributed by atoms with van der Waals surface area (Å²) in [7, 11) is -1.43. The molecular weight excluding hydrogens is 280 g/mol. The van der Waals surface area contributed by atoms with Gasteiger partial charge in [0.25, 0.3) is 0 Å². The van der Waals surface area contributed by atoms with Crippen molar-refractivity contribution in [3.05, 3.63) is 0 Å². The summed E-state index contributed by atoms with van der Waals surface area (Å²) in [4.78, 5) is 13.3. The van der Waals surface area contributed by atoms with Gasteiger partial charge in [0.15, 0.2) is 9.84 Å². The van der Waals surface area contributed by atoms with Gasteiger partial charge in [-0.1, -0.05) is 0 Å². The number of alkyl halides is 1. The Bertz CT molecular complexity index is 399.